The van der Waals surface area contributed by atoms with Gasteiger partial charge in [0.25, 0.3) is 0 Å². The highest BCUT2D eigenvalue weighted by Gasteiger charge is 2.34. The van der Waals surface area contributed by atoms with Crippen LogP contribution in [0.1, 0.15) is 24.8 Å². The summed E-state index contributed by atoms with van der Waals surface area (Å²) in [6.45, 7) is 2.03. The molecule has 0 N–H and O–H groups in total. The Hall–Kier alpha value is -0.830. The van der Waals surface area contributed by atoms with Crippen molar-refractivity contribution in [2.75, 3.05) is 3.93 Å². The standard InChI is InChI=1S/C10H10BrNO/c1-2-7-8-5-3-4-6-9(8)12(11)10(7)13/h3-7H,2H2,1H3. The van der Waals surface area contributed by atoms with E-state index in [-0.39, 0.29) is 11.8 Å². The molecule has 0 radical (unpaired) electrons. The summed E-state index contributed by atoms with van der Waals surface area (Å²) in [5.41, 5.74) is 2.12. The summed E-state index contributed by atoms with van der Waals surface area (Å²) in [5, 5.41) is 0. The van der Waals surface area contributed by atoms with Gasteiger partial charge in [0.1, 0.15) is 0 Å². The zero-order chi connectivity index (χ0) is 9.42. The van der Waals surface area contributed by atoms with Crippen molar-refractivity contribution in [1.82, 2.24) is 0 Å². The van der Waals surface area contributed by atoms with Crippen LogP contribution in [0.3, 0.4) is 0 Å². The van der Waals surface area contributed by atoms with Gasteiger partial charge in [-0.15, -0.1) is 0 Å². The second-order valence-electron chi connectivity index (χ2n) is 3.14. The van der Waals surface area contributed by atoms with Crippen LogP contribution in [0.25, 0.3) is 0 Å². The predicted molar refractivity (Wildman–Crippen MR) is 55.9 cm³/mol. The highest BCUT2D eigenvalue weighted by Crippen LogP contribution is 2.40. The third kappa shape index (κ3) is 1.18. The summed E-state index contributed by atoms with van der Waals surface area (Å²) < 4.78 is 1.57. The fraction of sp³-hybridized carbons (Fsp3) is 0.300. The van der Waals surface area contributed by atoms with E-state index >= 15 is 0 Å². The lowest BCUT2D eigenvalue weighted by molar-refractivity contribution is -0.118. The zero-order valence-electron chi connectivity index (χ0n) is 7.33. The molecule has 0 spiro atoms. The summed E-state index contributed by atoms with van der Waals surface area (Å²) >= 11 is 3.27. The van der Waals surface area contributed by atoms with Crippen molar-refractivity contribution in [3.05, 3.63) is 29.8 Å². The number of para-hydroxylation sites is 1. The maximum Gasteiger partial charge on any atom is 0.244 e. The van der Waals surface area contributed by atoms with Crippen molar-refractivity contribution in [2.45, 2.75) is 19.3 Å². The number of hydrogen-bond acceptors (Lipinski definition) is 1. The first kappa shape index (κ1) is 8.75. The van der Waals surface area contributed by atoms with Gasteiger partial charge in [-0.1, -0.05) is 25.1 Å². The molecule has 2 rings (SSSR count). The van der Waals surface area contributed by atoms with Gasteiger partial charge in [-0.2, -0.15) is 0 Å². The molecule has 1 aliphatic heterocycles. The summed E-state index contributed by atoms with van der Waals surface area (Å²) in [7, 11) is 0. The minimum absolute atomic E-state index is 0.0376. The second kappa shape index (κ2) is 3.14. The minimum atomic E-state index is 0.0376. The molecule has 1 aromatic rings. The van der Waals surface area contributed by atoms with Crippen molar-refractivity contribution in [2.24, 2.45) is 0 Å². The first-order valence-corrected chi connectivity index (χ1v) is 5.05. The van der Waals surface area contributed by atoms with Crippen molar-refractivity contribution < 1.29 is 4.79 Å². The largest absolute Gasteiger partial charge is 0.273 e. The van der Waals surface area contributed by atoms with E-state index in [4.69, 9.17) is 0 Å². The van der Waals surface area contributed by atoms with Crippen LogP contribution in [0.15, 0.2) is 24.3 Å². The van der Waals surface area contributed by atoms with Gasteiger partial charge in [-0.05, 0) is 18.1 Å². The maximum absolute atomic E-state index is 11.7. The topological polar surface area (TPSA) is 20.3 Å². The highest BCUT2D eigenvalue weighted by atomic mass is 79.9. The molecule has 1 amide bonds. The number of rotatable bonds is 1. The Morgan fingerprint density at radius 2 is 2.15 bits per heavy atom. The van der Waals surface area contributed by atoms with Crippen LogP contribution in [-0.4, -0.2) is 5.91 Å². The third-order valence-corrected chi connectivity index (χ3v) is 3.16. The second-order valence-corrected chi connectivity index (χ2v) is 3.85. The first-order valence-electron chi connectivity index (χ1n) is 4.34. The predicted octanol–water partition coefficient (Wildman–Crippen LogP) is 2.84. The van der Waals surface area contributed by atoms with Crippen molar-refractivity contribution >= 4 is 27.7 Å². The van der Waals surface area contributed by atoms with Crippen LogP contribution in [0.2, 0.25) is 0 Å². The van der Waals surface area contributed by atoms with Gasteiger partial charge < -0.3 is 0 Å². The lowest BCUT2D eigenvalue weighted by atomic mass is 9.98. The number of fused-ring (bicyclic) bond motifs is 1. The quantitative estimate of drug-likeness (QED) is 0.691. The summed E-state index contributed by atoms with van der Waals surface area (Å²) in [5.74, 6) is 0.180. The Morgan fingerprint density at radius 3 is 2.85 bits per heavy atom. The number of benzene rings is 1. The minimum Gasteiger partial charge on any atom is -0.273 e. The Labute approximate surface area is 85.9 Å². The SMILES string of the molecule is CCC1C(=O)N(Br)c2ccccc21. The van der Waals surface area contributed by atoms with E-state index in [0.717, 1.165) is 17.7 Å². The van der Waals surface area contributed by atoms with E-state index in [9.17, 15) is 4.79 Å². The number of anilines is 1. The van der Waals surface area contributed by atoms with E-state index < -0.39 is 0 Å². The van der Waals surface area contributed by atoms with Crippen LogP contribution in [0.5, 0.6) is 0 Å². The molecule has 13 heavy (non-hydrogen) atoms. The van der Waals surface area contributed by atoms with E-state index in [1.165, 1.54) is 0 Å². The Bertz CT molecular complexity index is 351. The summed E-state index contributed by atoms with van der Waals surface area (Å²) in [6, 6.07) is 7.89. The van der Waals surface area contributed by atoms with E-state index in [2.05, 4.69) is 16.1 Å². The molecule has 0 aliphatic carbocycles. The van der Waals surface area contributed by atoms with Crippen molar-refractivity contribution in [1.29, 1.82) is 0 Å². The Kier molecular flexibility index (Phi) is 2.12. The van der Waals surface area contributed by atoms with E-state index in [1.807, 2.05) is 31.2 Å². The van der Waals surface area contributed by atoms with Gasteiger partial charge in [-0.25, -0.2) is 3.93 Å². The smallest absolute Gasteiger partial charge is 0.244 e. The average Bonchev–Trinajstić information content (AvgIpc) is 2.41. The van der Waals surface area contributed by atoms with Gasteiger partial charge in [0.2, 0.25) is 5.91 Å². The molecular weight excluding hydrogens is 230 g/mol. The van der Waals surface area contributed by atoms with Crippen LogP contribution in [0, 0.1) is 0 Å². The maximum atomic E-state index is 11.7. The lowest BCUT2D eigenvalue weighted by Crippen LogP contribution is -2.17. The van der Waals surface area contributed by atoms with Crippen molar-refractivity contribution in [3.8, 4) is 0 Å². The molecule has 0 bridgehead atoms. The summed E-state index contributed by atoms with van der Waals surface area (Å²) in [6.07, 6.45) is 0.859. The molecule has 0 saturated heterocycles. The molecule has 3 heteroatoms. The Balaban J connectivity index is 2.53. The number of carbonyl (C=O) groups is 1. The van der Waals surface area contributed by atoms with Crippen LogP contribution in [0.4, 0.5) is 5.69 Å². The zero-order valence-corrected chi connectivity index (χ0v) is 8.91. The molecular formula is C10H10BrNO. The molecule has 2 nitrogen and oxygen atoms in total. The van der Waals surface area contributed by atoms with Crippen molar-refractivity contribution in [3.63, 3.8) is 0 Å². The van der Waals surface area contributed by atoms with E-state index in [0.29, 0.717) is 0 Å². The number of halogens is 1. The Morgan fingerprint density at radius 1 is 1.46 bits per heavy atom. The third-order valence-electron chi connectivity index (χ3n) is 2.42. The molecule has 1 atom stereocenters. The molecule has 1 unspecified atom stereocenters. The fourth-order valence-corrected chi connectivity index (χ4v) is 2.31. The molecule has 1 heterocycles. The van der Waals surface area contributed by atoms with Gasteiger partial charge in [0, 0.05) is 0 Å². The molecule has 1 aromatic carbocycles. The van der Waals surface area contributed by atoms with Crippen LogP contribution < -0.4 is 3.93 Å². The first-order chi connectivity index (χ1) is 6.25. The monoisotopic (exact) mass is 239 g/mol. The number of hydrogen-bond donors (Lipinski definition) is 0. The normalized spacial score (nSPS) is 20.6. The lowest BCUT2D eigenvalue weighted by Gasteiger charge is -2.05. The van der Waals surface area contributed by atoms with E-state index in [1.54, 1.807) is 3.93 Å². The average molecular weight is 240 g/mol. The van der Waals surface area contributed by atoms with Gasteiger partial charge in [0.05, 0.1) is 27.8 Å². The number of amides is 1. The summed E-state index contributed by atoms with van der Waals surface area (Å²) in [4.78, 5) is 11.7. The van der Waals surface area contributed by atoms with Gasteiger partial charge >= 0.3 is 0 Å². The van der Waals surface area contributed by atoms with Gasteiger partial charge in [0.15, 0.2) is 0 Å². The molecule has 0 saturated carbocycles. The van der Waals surface area contributed by atoms with Gasteiger partial charge in [-0.3, -0.25) is 4.79 Å². The number of nitrogens with zero attached hydrogens (tertiary/aromatic N) is 1. The molecule has 0 aromatic heterocycles. The number of carbonyl (C=O) groups excluding carboxylic acids is 1. The van der Waals surface area contributed by atoms with Crippen LogP contribution >= 0.6 is 16.1 Å². The molecule has 1 aliphatic rings. The highest BCUT2D eigenvalue weighted by molar-refractivity contribution is 9.10. The fourth-order valence-electron chi connectivity index (χ4n) is 1.74. The molecule has 0 fully saturated rings. The van der Waals surface area contributed by atoms with Crippen LogP contribution in [-0.2, 0) is 4.79 Å². The molecule has 68 valence electrons.